The Morgan fingerprint density at radius 3 is 2.86 bits per heavy atom. The number of nitrogens with zero attached hydrogens (tertiary/aromatic N) is 1. The molecule has 1 saturated heterocycles. The number of ether oxygens (including phenoxy) is 1. The highest BCUT2D eigenvalue weighted by atomic mass is 16.5. The zero-order valence-corrected chi connectivity index (χ0v) is 12.6. The summed E-state index contributed by atoms with van der Waals surface area (Å²) in [5.41, 5.74) is 8.58. The molecule has 0 radical (unpaired) electrons. The lowest BCUT2D eigenvalue weighted by Gasteiger charge is -2.24. The highest BCUT2D eigenvalue weighted by Gasteiger charge is 2.42. The molecular weight excluding hydrogens is 260 g/mol. The van der Waals surface area contributed by atoms with Gasteiger partial charge in [-0.05, 0) is 43.4 Å². The fourth-order valence-electron chi connectivity index (χ4n) is 4.25. The van der Waals surface area contributed by atoms with Gasteiger partial charge in [-0.2, -0.15) is 0 Å². The van der Waals surface area contributed by atoms with Crippen LogP contribution in [0.3, 0.4) is 0 Å². The normalized spacial score (nSPS) is 24.3. The molecule has 1 aliphatic heterocycles. The van der Waals surface area contributed by atoms with Crippen molar-refractivity contribution in [3.8, 4) is 0 Å². The minimum Gasteiger partial charge on any atom is -0.370 e. The zero-order chi connectivity index (χ0) is 14.3. The van der Waals surface area contributed by atoms with E-state index in [9.17, 15) is 0 Å². The topological polar surface area (TPSA) is 40.2 Å². The molecule has 1 saturated carbocycles. The molecule has 1 aromatic heterocycles. The van der Waals surface area contributed by atoms with Crippen molar-refractivity contribution in [1.29, 1.82) is 0 Å². The second-order valence-electron chi connectivity index (χ2n) is 6.69. The molecule has 1 unspecified atom stereocenters. The van der Waals surface area contributed by atoms with E-state index in [1.807, 2.05) is 0 Å². The van der Waals surface area contributed by atoms with Gasteiger partial charge in [0.25, 0.3) is 0 Å². The molecule has 1 aromatic carbocycles. The molecule has 2 aromatic rings. The second kappa shape index (κ2) is 5.15. The highest BCUT2D eigenvalue weighted by molar-refractivity contribution is 5.83. The maximum atomic E-state index is 6.44. The molecule has 2 fully saturated rings. The molecule has 112 valence electrons. The molecule has 21 heavy (non-hydrogen) atoms. The van der Waals surface area contributed by atoms with Crippen LogP contribution in [0.5, 0.6) is 0 Å². The molecular formula is C18H24N2O. The van der Waals surface area contributed by atoms with Crippen LogP contribution in [0.15, 0.2) is 30.5 Å². The molecule has 1 spiro atoms. The van der Waals surface area contributed by atoms with Crippen LogP contribution in [0.25, 0.3) is 10.9 Å². The molecule has 0 amide bonds. The Labute approximate surface area is 126 Å². The van der Waals surface area contributed by atoms with Gasteiger partial charge in [0.1, 0.15) is 0 Å². The fourth-order valence-corrected chi connectivity index (χ4v) is 4.25. The number of hydrogen-bond donors (Lipinski definition) is 1. The SMILES string of the molecule is NCc1cccc2c1ccn2CC1CCC2(CCCC2)O1. The first-order valence-electron chi connectivity index (χ1n) is 8.24. The lowest BCUT2D eigenvalue weighted by atomic mass is 9.98. The van der Waals surface area contributed by atoms with Gasteiger partial charge in [-0.3, -0.25) is 0 Å². The maximum Gasteiger partial charge on any atom is 0.0762 e. The third-order valence-electron chi connectivity index (χ3n) is 5.38. The molecule has 3 nitrogen and oxygen atoms in total. The van der Waals surface area contributed by atoms with Crippen LogP contribution >= 0.6 is 0 Å². The van der Waals surface area contributed by atoms with Crippen molar-refractivity contribution >= 4 is 10.9 Å². The maximum absolute atomic E-state index is 6.44. The monoisotopic (exact) mass is 284 g/mol. The third kappa shape index (κ3) is 2.29. The van der Waals surface area contributed by atoms with Crippen molar-refractivity contribution in [2.24, 2.45) is 5.73 Å². The van der Waals surface area contributed by atoms with Crippen molar-refractivity contribution in [3.63, 3.8) is 0 Å². The predicted octanol–water partition coefficient (Wildman–Crippen LogP) is 3.59. The highest BCUT2D eigenvalue weighted by Crippen LogP contribution is 2.43. The standard InChI is InChI=1S/C18H24N2O/c19-12-14-4-3-5-17-16(14)7-11-20(17)13-15-6-10-18(21-15)8-1-2-9-18/h3-5,7,11,15H,1-2,6,8-10,12-13,19H2. The smallest absolute Gasteiger partial charge is 0.0762 e. The fraction of sp³-hybridized carbons (Fsp3) is 0.556. The van der Waals surface area contributed by atoms with Crippen molar-refractivity contribution < 1.29 is 4.74 Å². The Kier molecular flexibility index (Phi) is 3.27. The molecule has 4 rings (SSSR count). The summed E-state index contributed by atoms with van der Waals surface area (Å²) < 4.78 is 8.78. The van der Waals surface area contributed by atoms with Crippen molar-refractivity contribution in [2.75, 3.05) is 0 Å². The Hall–Kier alpha value is -1.32. The van der Waals surface area contributed by atoms with Gasteiger partial charge in [0, 0.05) is 30.2 Å². The summed E-state index contributed by atoms with van der Waals surface area (Å²) in [5.74, 6) is 0. The van der Waals surface area contributed by atoms with Crippen LogP contribution in [0.1, 0.15) is 44.1 Å². The lowest BCUT2D eigenvalue weighted by molar-refractivity contribution is -0.0414. The van der Waals surface area contributed by atoms with Gasteiger partial charge in [0.15, 0.2) is 0 Å². The summed E-state index contributed by atoms with van der Waals surface area (Å²) >= 11 is 0. The lowest BCUT2D eigenvalue weighted by Crippen LogP contribution is -2.26. The number of nitrogens with two attached hydrogens (primary N) is 1. The number of benzene rings is 1. The van der Waals surface area contributed by atoms with Gasteiger partial charge in [0.2, 0.25) is 0 Å². The number of fused-ring (bicyclic) bond motifs is 1. The summed E-state index contributed by atoms with van der Waals surface area (Å²) in [4.78, 5) is 0. The van der Waals surface area contributed by atoms with Crippen LogP contribution in [-0.2, 0) is 17.8 Å². The average Bonchev–Trinajstić information content (AvgIpc) is 3.22. The minimum absolute atomic E-state index is 0.232. The Balaban J connectivity index is 1.55. The summed E-state index contributed by atoms with van der Waals surface area (Å²) in [6.07, 6.45) is 10.3. The third-order valence-corrected chi connectivity index (χ3v) is 5.38. The van der Waals surface area contributed by atoms with Crippen molar-refractivity contribution in [3.05, 3.63) is 36.0 Å². The number of aromatic nitrogens is 1. The second-order valence-corrected chi connectivity index (χ2v) is 6.69. The molecule has 2 aliphatic rings. The average molecular weight is 284 g/mol. The molecule has 2 N–H and O–H groups in total. The van der Waals surface area contributed by atoms with E-state index in [-0.39, 0.29) is 5.60 Å². The molecule has 1 aliphatic carbocycles. The van der Waals surface area contributed by atoms with Crippen LogP contribution in [0.4, 0.5) is 0 Å². The zero-order valence-electron chi connectivity index (χ0n) is 12.6. The molecule has 3 heteroatoms. The summed E-state index contributed by atoms with van der Waals surface area (Å²) in [5, 5.41) is 1.29. The first-order valence-corrected chi connectivity index (χ1v) is 8.24. The van der Waals surface area contributed by atoms with E-state index in [0.717, 1.165) is 6.54 Å². The van der Waals surface area contributed by atoms with Gasteiger partial charge in [-0.25, -0.2) is 0 Å². The largest absolute Gasteiger partial charge is 0.370 e. The first-order chi connectivity index (χ1) is 10.3. The quantitative estimate of drug-likeness (QED) is 0.935. The Morgan fingerprint density at radius 1 is 1.19 bits per heavy atom. The van der Waals surface area contributed by atoms with E-state index in [4.69, 9.17) is 10.5 Å². The van der Waals surface area contributed by atoms with E-state index >= 15 is 0 Å². The summed E-state index contributed by atoms with van der Waals surface area (Å²) in [7, 11) is 0. The van der Waals surface area contributed by atoms with Gasteiger partial charge < -0.3 is 15.0 Å². The van der Waals surface area contributed by atoms with Gasteiger partial charge in [0.05, 0.1) is 11.7 Å². The summed E-state index contributed by atoms with van der Waals surface area (Å²) in [6, 6.07) is 8.61. The van der Waals surface area contributed by atoms with Crippen LogP contribution < -0.4 is 5.73 Å². The van der Waals surface area contributed by atoms with E-state index < -0.39 is 0 Å². The first kappa shape index (κ1) is 13.4. The van der Waals surface area contributed by atoms with Crippen LogP contribution in [-0.4, -0.2) is 16.3 Å². The van der Waals surface area contributed by atoms with E-state index in [2.05, 4.69) is 35.0 Å². The van der Waals surface area contributed by atoms with E-state index in [1.165, 1.54) is 55.0 Å². The Bertz CT molecular complexity index is 640. The van der Waals surface area contributed by atoms with Gasteiger partial charge in [-0.1, -0.05) is 25.0 Å². The molecule has 1 atom stereocenters. The summed E-state index contributed by atoms with van der Waals surface area (Å²) in [6.45, 7) is 1.57. The van der Waals surface area contributed by atoms with Crippen LogP contribution in [0.2, 0.25) is 0 Å². The molecule has 2 heterocycles. The molecule has 0 bridgehead atoms. The van der Waals surface area contributed by atoms with Gasteiger partial charge in [-0.15, -0.1) is 0 Å². The van der Waals surface area contributed by atoms with Crippen LogP contribution in [0, 0.1) is 0 Å². The van der Waals surface area contributed by atoms with E-state index in [1.54, 1.807) is 0 Å². The number of rotatable bonds is 3. The van der Waals surface area contributed by atoms with Crippen molar-refractivity contribution in [2.45, 2.75) is 63.3 Å². The predicted molar refractivity (Wildman–Crippen MR) is 85.1 cm³/mol. The number of hydrogen-bond acceptors (Lipinski definition) is 2. The van der Waals surface area contributed by atoms with Crippen molar-refractivity contribution in [1.82, 2.24) is 4.57 Å². The van der Waals surface area contributed by atoms with E-state index in [0.29, 0.717) is 12.6 Å². The van der Waals surface area contributed by atoms with Gasteiger partial charge >= 0.3 is 0 Å². The minimum atomic E-state index is 0.232. The Morgan fingerprint density at radius 2 is 2.05 bits per heavy atom.